The van der Waals surface area contributed by atoms with E-state index >= 15 is 0 Å². The first-order valence-electron chi connectivity index (χ1n) is 6.48. The van der Waals surface area contributed by atoms with Crippen molar-refractivity contribution in [1.82, 2.24) is 4.90 Å². The number of hydrogen-bond donors (Lipinski definition) is 2. The first-order chi connectivity index (χ1) is 10.0. The minimum absolute atomic E-state index is 0.00398. The summed E-state index contributed by atoms with van der Waals surface area (Å²) in [6.45, 7) is 0.257. The lowest BCUT2D eigenvalue weighted by molar-refractivity contribution is -0.141. The van der Waals surface area contributed by atoms with E-state index in [9.17, 15) is 9.59 Å². The summed E-state index contributed by atoms with van der Waals surface area (Å²) >= 11 is 1.58. The smallest absolute Gasteiger partial charge is 0.408 e. The second-order valence-electron chi connectivity index (χ2n) is 4.81. The maximum atomic E-state index is 11.1. The van der Waals surface area contributed by atoms with E-state index in [1.54, 1.807) is 18.9 Å². The van der Waals surface area contributed by atoms with Gasteiger partial charge in [0.1, 0.15) is 11.8 Å². The Balaban J connectivity index is 1.91. The molecule has 2 N–H and O–H groups in total. The zero-order valence-corrected chi connectivity index (χ0v) is 12.4. The molecule has 7 heteroatoms. The second-order valence-corrected chi connectivity index (χ2v) is 6.09. The third kappa shape index (κ3) is 3.81. The summed E-state index contributed by atoms with van der Waals surface area (Å²) in [6, 6.07) is 6.70. The normalized spacial score (nSPS) is 21.3. The van der Waals surface area contributed by atoms with Crippen LogP contribution in [0.2, 0.25) is 0 Å². The van der Waals surface area contributed by atoms with E-state index in [2.05, 4.69) is 0 Å². The molecule has 2 atom stereocenters. The molecule has 1 fully saturated rings. The van der Waals surface area contributed by atoms with E-state index in [0.29, 0.717) is 12.2 Å². The van der Waals surface area contributed by atoms with Crippen molar-refractivity contribution in [3.63, 3.8) is 0 Å². The Morgan fingerprint density at radius 1 is 1.33 bits per heavy atom. The lowest BCUT2D eigenvalue weighted by atomic mass is 10.2. The van der Waals surface area contributed by atoms with Crippen molar-refractivity contribution in [2.45, 2.75) is 23.5 Å². The lowest BCUT2D eigenvalue weighted by Crippen LogP contribution is -2.39. The topological polar surface area (TPSA) is 87.1 Å². The summed E-state index contributed by atoms with van der Waals surface area (Å²) < 4.78 is 5.08. The Morgan fingerprint density at radius 3 is 2.48 bits per heavy atom. The van der Waals surface area contributed by atoms with Crippen molar-refractivity contribution >= 4 is 23.8 Å². The largest absolute Gasteiger partial charge is 0.497 e. The number of carboxylic acids is 1. The molecule has 0 spiro atoms. The minimum Gasteiger partial charge on any atom is -0.497 e. The zero-order chi connectivity index (χ0) is 15.4. The highest BCUT2D eigenvalue weighted by atomic mass is 32.2. The molecule has 1 aliphatic heterocycles. The molecule has 21 heavy (non-hydrogen) atoms. The van der Waals surface area contributed by atoms with Crippen LogP contribution < -0.4 is 4.74 Å². The first-order valence-corrected chi connectivity index (χ1v) is 7.53. The number of nitrogens with zero attached hydrogens (tertiary/aromatic N) is 1. The number of carboxylic acid groups (broad SMARTS) is 2. The van der Waals surface area contributed by atoms with Gasteiger partial charge in [-0.3, -0.25) is 4.90 Å². The van der Waals surface area contributed by atoms with Crippen LogP contribution in [-0.2, 0) is 10.5 Å². The van der Waals surface area contributed by atoms with Crippen molar-refractivity contribution in [3.8, 4) is 5.75 Å². The standard InChI is InChI=1S/C14H17NO5S/c1-20-10-4-2-9(3-5-10)8-21-11-6-12(13(16)17)15(7-11)14(18)19/h2-5,11-12H,6-8H2,1H3,(H,16,17)(H,18,19)/t11-,12+/m1/s1. The van der Waals surface area contributed by atoms with Crippen LogP contribution in [-0.4, -0.2) is 52.1 Å². The van der Waals surface area contributed by atoms with Crippen molar-refractivity contribution < 1.29 is 24.5 Å². The van der Waals surface area contributed by atoms with Crippen LogP contribution >= 0.6 is 11.8 Å². The van der Waals surface area contributed by atoms with Crippen LogP contribution in [0.25, 0.3) is 0 Å². The summed E-state index contributed by atoms with van der Waals surface area (Å²) in [5.74, 6) is 0.423. The molecule has 0 bridgehead atoms. The number of thioether (sulfide) groups is 1. The fourth-order valence-electron chi connectivity index (χ4n) is 2.30. The summed E-state index contributed by atoms with van der Waals surface area (Å²) in [6.07, 6.45) is -0.822. The van der Waals surface area contributed by atoms with E-state index in [1.165, 1.54) is 0 Å². The molecule has 0 unspecified atom stereocenters. The average Bonchev–Trinajstić information content (AvgIpc) is 2.90. The highest BCUT2D eigenvalue weighted by Crippen LogP contribution is 2.30. The van der Waals surface area contributed by atoms with Crippen molar-refractivity contribution in [3.05, 3.63) is 29.8 Å². The first kappa shape index (κ1) is 15.5. The van der Waals surface area contributed by atoms with E-state index < -0.39 is 18.1 Å². The molecule has 1 amide bonds. The van der Waals surface area contributed by atoms with Gasteiger partial charge in [-0.1, -0.05) is 12.1 Å². The Labute approximate surface area is 126 Å². The maximum Gasteiger partial charge on any atom is 0.408 e. The van der Waals surface area contributed by atoms with Gasteiger partial charge < -0.3 is 14.9 Å². The van der Waals surface area contributed by atoms with Gasteiger partial charge in [0.25, 0.3) is 0 Å². The average molecular weight is 311 g/mol. The Kier molecular flexibility index (Phi) is 4.95. The number of ether oxygens (including phenoxy) is 1. The predicted octanol–water partition coefficient (Wildman–Crippen LogP) is 2.13. The fourth-order valence-corrected chi connectivity index (χ4v) is 3.50. The van der Waals surface area contributed by atoms with Gasteiger partial charge in [-0.25, -0.2) is 9.59 Å². The predicted molar refractivity (Wildman–Crippen MR) is 78.8 cm³/mol. The van der Waals surface area contributed by atoms with E-state index in [-0.39, 0.29) is 11.8 Å². The van der Waals surface area contributed by atoms with Crippen LogP contribution in [0.4, 0.5) is 4.79 Å². The molecule has 0 saturated carbocycles. The summed E-state index contributed by atoms with van der Waals surface area (Å²) in [7, 11) is 1.61. The highest BCUT2D eigenvalue weighted by Gasteiger charge is 2.39. The quantitative estimate of drug-likeness (QED) is 0.866. The molecular weight excluding hydrogens is 294 g/mol. The minimum atomic E-state index is -1.17. The fraction of sp³-hybridized carbons (Fsp3) is 0.429. The third-order valence-corrected chi connectivity index (χ3v) is 4.75. The maximum absolute atomic E-state index is 11.1. The number of methoxy groups -OCH3 is 1. The van der Waals surface area contributed by atoms with E-state index in [0.717, 1.165) is 16.2 Å². The number of carbonyl (C=O) groups is 2. The molecule has 2 rings (SSSR count). The van der Waals surface area contributed by atoms with Crippen LogP contribution in [0.3, 0.4) is 0 Å². The molecule has 114 valence electrons. The van der Waals surface area contributed by atoms with Crippen molar-refractivity contribution in [2.75, 3.05) is 13.7 Å². The molecule has 1 saturated heterocycles. The third-order valence-electron chi connectivity index (χ3n) is 3.44. The van der Waals surface area contributed by atoms with Gasteiger partial charge in [0.2, 0.25) is 0 Å². The van der Waals surface area contributed by atoms with Gasteiger partial charge >= 0.3 is 12.1 Å². The van der Waals surface area contributed by atoms with Crippen LogP contribution in [0.5, 0.6) is 5.75 Å². The van der Waals surface area contributed by atoms with Gasteiger partial charge in [-0.2, -0.15) is 11.8 Å². The number of likely N-dealkylation sites (tertiary alicyclic amines) is 1. The van der Waals surface area contributed by atoms with Gasteiger partial charge in [0.15, 0.2) is 0 Å². The summed E-state index contributed by atoms with van der Waals surface area (Å²) in [5.41, 5.74) is 1.10. The summed E-state index contributed by atoms with van der Waals surface area (Å²) in [5, 5.41) is 18.1. The Hall–Kier alpha value is -1.89. The van der Waals surface area contributed by atoms with Gasteiger partial charge in [0, 0.05) is 17.5 Å². The molecule has 0 radical (unpaired) electrons. The van der Waals surface area contributed by atoms with Gasteiger partial charge in [0.05, 0.1) is 7.11 Å². The van der Waals surface area contributed by atoms with Gasteiger partial charge in [-0.15, -0.1) is 0 Å². The molecule has 6 nitrogen and oxygen atoms in total. The molecule has 1 aliphatic rings. The number of amides is 1. The summed E-state index contributed by atoms with van der Waals surface area (Å²) in [4.78, 5) is 23.1. The zero-order valence-electron chi connectivity index (χ0n) is 11.6. The van der Waals surface area contributed by atoms with Crippen molar-refractivity contribution in [1.29, 1.82) is 0 Å². The van der Waals surface area contributed by atoms with Crippen molar-refractivity contribution in [2.24, 2.45) is 0 Å². The Morgan fingerprint density at radius 2 is 2.00 bits per heavy atom. The molecule has 0 aromatic heterocycles. The molecular formula is C14H17NO5S. The number of hydrogen-bond acceptors (Lipinski definition) is 4. The van der Waals surface area contributed by atoms with E-state index in [4.69, 9.17) is 14.9 Å². The SMILES string of the molecule is COc1ccc(CS[C@@H]2C[C@@H](C(=O)O)N(C(=O)O)C2)cc1. The van der Waals surface area contributed by atoms with Crippen LogP contribution in [0.15, 0.2) is 24.3 Å². The van der Waals surface area contributed by atoms with Crippen LogP contribution in [0.1, 0.15) is 12.0 Å². The van der Waals surface area contributed by atoms with Crippen LogP contribution in [0, 0.1) is 0 Å². The molecule has 0 aliphatic carbocycles. The number of aliphatic carboxylic acids is 1. The van der Waals surface area contributed by atoms with E-state index in [1.807, 2.05) is 24.3 Å². The lowest BCUT2D eigenvalue weighted by Gasteiger charge is -2.16. The number of benzene rings is 1. The molecule has 1 aromatic rings. The monoisotopic (exact) mass is 311 g/mol. The highest BCUT2D eigenvalue weighted by molar-refractivity contribution is 7.99. The van der Waals surface area contributed by atoms with Gasteiger partial charge in [-0.05, 0) is 24.1 Å². The Bertz CT molecular complexity index is 497. The molecule has 1 aromatic carbocycles. The number of rotatable bonds is 5. The second kappa shape index (κ2) is 6.71. The molecule has 1 heterocycles.